The van der Waals surface area contributed by atoms with Crippen molar-refractivity contribution >= 4 is 23.7 Å². The van der Waals surface area contributed by atoms with E-state index in [4.69, 9.17) is 9.84 Å². The van der Waals surface area contributed by atoms with Gasteiger partial charge in [0.15, 0.2) is 0 Å². The van der Waals surface area contributed by atoms with Crippen molar-refractivity contribution in [3.8, 4) is 0 Å². The molecule has 172 valence electrons. The lowest BCUT2D eigenvalue weighted by Crippen LogP contribution is -2.09. The van der Waals surface area contributed by atoms with E-state index in [0.717, 1.165) is 32.1 Å². The summed E-state index contributed by atoms with van der Waals surface area (Å²) in [5.41, 5.74) is 0. The second-order valence-corrected chi connectivity index (χ2v) is 6.21. The van der Waals surface area contributed by atoms with Gasteiger partial charge in [-0.1, -0.05) is 39.5 Å². The summed E-state index contributed by atoms with van der Waals surface area (Å²) in [5.74, 6) is -1.02. The standard InChI is InChI=1S/C10H18O4.C6H10O3.C5H12O/c1-3-4-5-8-14-10(12)7-6-9(11)13-2;1-5(7)3-4-6(8)9-2;1-2-3-4-5-6/h3-8H2,1-2H3;3-4H2,1-2H3;6H,2-5H2,1H3. The van der Waals surface area contributed by atoms with Crippen LogP contribution in [0.1, 0.15) is 85.0 Å². The third kappa shape index (κ3) is 34.0. The number of carbonyl (C=O) groups excluding carboxylic acids is 4. The Labute approximate surface area is 175 Å². The molecule has 0 aliphatic carbocycles. The molecule has 0 saturated carbocycles. The molecule has 0 aromatic rings. The second kappa shape index (κ2) is 26.0. The van der Waals surface area contributed by atoms with E-state index in [9.17, 15) is 19.2 Å². The zero-order valence-corrected chi connectivity index (χ0v) is 18.8. The first-order valence-corrected chi connectivity index (χ1v) is 10.2. The summed E-state index contributed by atoms with van der Waals surface area (Å²) in [6.07, 6.45) is 7.07. The summed E-state index contributed by atoms with van der Waals surface area (Å²) in [5, 5.41) is 8.20. The first-order valence-electron chi connectivity index (χ1n) is 10.2. The van der Waals surface area contributed by atoms with Gasteiger partial charge in [0.25, 0.3) is 0 Å². The average Bonchev–Trinajstić information content (AvgIpc) is 2.72. The summed E-state index contributed by atoms with van der Waals surface area (Å²) in [7, 11) is 2.61. The Balaban J connectivity index is -0.000000386. The van der Waals surface area contributed by atoms with Crippen molar-refractivity contribution in [2.24, 2.45) is 0 Å². The van der Waals surface area contributed by atoms with Crippen LogP contribution >= 0.6 is 0 Å². The van der Waals surface area contributed by atoms with Gasteiger partial charge in [0.2, 0.25) is 0 Å². The van der Waals surface area contributed by atoms with E-state index in [1.165, 1.54) is 27.6 Å². The van der Waals surface area contributed by atoms with Crippen LogP contribution in [0.5, 0.6) is 0 Å². The zero-order chi connectivity index (χ0) is 22.9. The van der Waals surface area contributed by atoms with Crippen LogP contribution in [0.15, 0.2) is 0 Å². The van der Waals surface area contributed by atoms with Gasteiger partial charge in [-0.05, 0) is 19.8 Å². The third-order valence-electron chi connectivity index (χ3n) is 3.44. The van der Waals surface area contributed by atoms with Crippen LogP contribution in [0.3, 0.4) is 0 Å². The highest BCUT2D eigenvalue weighted by atomic mass is 16.5. The molecular formula is C21H40O8. The minimum Gasteiger partial charge on any atom is -0.469 e. The van der Waals surface area contributed by atoms with Crippen molar-refractivity contribution in [1.29, 1.82) is 0 Å². The number of ether oxygens (including phenoxy) is 3. The number of aliphatic hydroxyl groups excluding tert-OH is 1. The number of aliphatic hydroxyl groups is 1. The van der Waals surface area contributed by atoms with Crippen LogP contribution in [-0.2, 0) is 33.4 Å². The molecular weight excluding hydrogens is 380 g/mol. The van der Waals surface area contributed by atoms with Crippen LogP contribution < -0.4 is 0 Å². The quantitative estimate of drug-likeness (QED) is 0.274. The Bertz CT molecular complexity index is 417. The van der Waals surface area contributed by atoms with Crippen molar-refractivity contribution in [3.63, 3.8) is 0 Å². The minimum atomic E-state index is -0.379. The molecule has 0 heterocycles. The number of carbonyl (C=O) groups is 4. The number of ketones is 1. The maximum Gasteiger partial charge on any atom is 0.306 e. The zero-order valence-electron chi connectivity index (χ0n) is 18.8. The van der Waals surface area contributed by atoms with E-state index >= 15 is 0 Å². The molecule has 0 aliphatic heterocycles. The van der Waals surface area contributed by atoms with Crippen LogP contribution in [0.25, 0.3) is 0 Å². The summed E-state index contributed by atoms with van der Waals surface area (Å²) in [6, 6.07) is 0. The Hall–Kier alpha value is -1.96. The topological polar surface area (TPSA) is 116 Å². The molecule has 0 aromatic carbocycles. The molecule has 0 unspecified atom stereocenters. The molecule has 0 aliphatic rings. The normalized spacial score (nSPS) is 9.17. The Morgan fingerprint density at radius 1 is 0.690 bits per heavy atom. The van der Waals surface area contributed by atoms with E-state index in [2.05, 4.69) is 23.3 Å². The number of unbranched alkanes of at least 4 members (excludes halogenated alkanes) is 4. The predicted octanol–water partition coefficient (Wildman–Crippen LogP) is 3.37. The molecule has 0 spiro atoms. The average molecular weight is 421 g/mol. The van der Waals surface area contributed by atoms with Gasteiger partial charge in [0.1, 0.15) is 5.78 Å². The highest BCUT2D eigenvalue weighted by Crippen LogP contribution is 1.98. The van der Waals surface area contributed by atoms with Crippen molar-refractivity contribution in [3.05, 3.63) is 0 Å². The van der Waals surface area contributed by atoms with E-state index < -0.39 is 0 Å². The fourth-order valence-electron chi connectivity index (χ4n) is 1.66. The van der Waals surface area contributed by atoms with Gasteiger partial charge in [-0.15, -0.1) is 0 Å². The molecule has 0 aromatic heterocycles. The van der Waals surface area contributed by atoms with Crippen molar-refractivity contribution in [1.82, 2.24) is 0 Å². The number of rotatable bonds is 13. The van der Waals surface area contributed by atoms with Gasteiger partial charge in [-0.2, -0.15) is 0 Å². The molecule has 8 heteroatoms. The third-order valence-corrected chi connectivity index (χ3v) is 3.44. The number of hydrogen-bond acceptors (Lipinski definition) is 8. The lowest BCUT2D eigenvalue weighted by Gasteiger charge is -2.03. The van der Waals surface area contributed by atoms with Gasteiger partial charge < -0.3 is 24.1 Å². The molecule has 29 heavy (non-hydrogen) atoms. The Kier molecular flexibility index (Phi) is 28.5. The highest BCUT2D eigenvalue weighted by molar-refractivity contribution is 5.80. The molecule has 1 N–H and O–H groups in total. The van der Waals surface area contributed by atoms with Gasteiger partial charge >= 0.3 is 17.9 Å². The summed E-state index contributed by atoms with van der Waals surface area (Å²) in [4.78, 5) is 42.3. The predicted molar refractivity (Wildman–Crippen MR) is 110 cm³/mol. The van der Waals surface area contributed by atoms with Crippen molar-refractivity contribution in [2.45, 2.75) is 85.0 Å². The summed E-state index contributed by atoms with van der Waals surface area (Å²) in [6.45, 7) is 6.46. The largest absolute Gasteiger partial charge is 0.469 e. The number of Topliss-reactive ketones (excluding diaryl/α,β-unsaturated/α-hetero) is 1. The van der Waals surface area contributed by atoms with Crippen LogP contribution in [0, 0.1) is 0 Å². The number of esters is 3. The van der Waals surface area contributed by atoms with Gasteiger partial charge in [0.05, 0.1) is 40.1 Å². The summed E-state index contributed by atoms with van der Waals surface area (Å²) < 4.78 is 13.6. The molecule has 0 bridgehead atoms. The minimum absolute atomic E-state index is 0.0143. The van der Waals surface area contributed by atoms with Crippen LogP contribution in [0.2, 0.25) is 0 Å². The first kappa shape index (κ1) is 31.7. The number of hydrogen-bond donors (Lipinski definition) is 1. The van der Waals surface area contributed by atoms with Crippen molar-refractivity contribution < 1.29 is 38.5 Å². The Morgan fingerprint density at radius 3 is 1.52 bits per heavy atom. The monoisotopic (exact) mass is 420 g/mol. The molecule has 0 saturated heterocycles. The second-order valence-electron chi connectivity index (χ2n) is 6.21. The van der Waals surface area contributed by atoms with E-state index in [1.807, 2.05) is 0 Å². The fourth-order valence-corrected chi connectivity index (χ4v) is 1.66. The van der Waals surface area contributed by atoms with Crippen LogP contribution in [0.4, 0.5) is 0 Å². The Morgan fingerprint density at radius 2 is 1.14 bits per heavy atom. The van der Waals surface area contributed by atoms with E-state index in [1.54, 1.807) is 0 Å². The lowest BCUT2D eigenvalue weighted by molar-refractivity contribution is -0.149. The molecule has 0 rings (SSSR count). The molecule has 0 radical (unpaired) electrons. The molecule has 0 amide bonds. The molecule has 0 fully saturated rings. The van der Waals surface area contributed by atoms with Crippen LogP contribution in [-0.4, -0.2) is 56.2 Å². The smallest absolute Gasteiger partial charge is 0.306 e. The maximum absolute atomic E-state index is 11.0. The molecule has 8 nitrogen and oxygen atoms in total. The maximum atomic E-state index is 11.0. The van der Waals surface area contributed by atoms with Gasteiger partial charge in [-0.25, -0.2) is 0 Å². The van der Waals surface area contributed by atoms with E-state index in [0.29, 0.717) is 13.2 Å². The highest BCUT2D eigenvalue weighted by Gasteiger charge is 2.07. The van der Waals surface area contributed by atoms with E-state index in [-0.39, 0.29) is 49.4 Å². The lowest BCUT2D eigenvalue weighted by atomic mass is 10.2. The summed E-state index contributed by atoms with van der Waals surface area (Å²) >= 11 is 0. The molecule has 0 atom stereocenters. The van der Waals surface area contributed by atoms with Gasteiger partial charge in [0, 0.05) is 13.0 Å². The fraction of sp³-hybridized carbons (Fsp3) is 0.810. The van der Waals surface area contributed by atoms with Crippen molar-refractivity contribution in [2.75, 3.05) is 27.4 Å². The number of methoxy groups -OCH3 is 2. The SMILES string of the molecule is CCCCCO.CCCCCOC(=O)CCC(=O)OC.COC(=O)CCC(C)=O. The van der Waals surface area contributed by atoms with Gasteiger partial charge in [-0.3, -0.25) is 14.4 Å². The first-order chi connectivity index (χ1) is 13.8.